The van der Waals surface area contributed by atoms with Crippen LogP contribution in [-0.4, -0.2) is 22.2 Å². The van der Waals surface area contributed by atoms with Gasteiger partial charge in [0.15, 0.2) is 0 Å². The summed E-state index contributed by atoms with van der Waals surface area (Å²) in [5.74, 6) is -0.0235. The fourth-order valence-corrected chi connectivity index (χ4v) is 3.39. The lowest BCUT2D eigenvalue weighted by atomic mass is 10.1. The molecule has 0 aliphatic heterocycles. The third kappa shape index (κ3) is 5.25. The van der Waals surface area contributed by atoms with E-state index in [9.17, 15) is 4.79 Å². The van der Waals surface area contributed by atoms with Crippen molar-refractivity contribution in [2.24, 2.45) is 0 Å². The van der Waals surface area contributed by atoms with Crippen LogP contribution in [0.2, 0.25) is 5.02 Å². The first-order valence-corrected chi connectivity index (χ1v) is 10.3. The molecule has 3 rings (SSSR count). The molecule has 0 saturated heterocycles. The van der Waals surface area contributed by atoms with E-state index in [1.165, 1.54) is 5.56 Å². The van der Waals surface area contributed by atoms with E-state index < -0.39 is 0 Å². The van der Waals surface area contributed by atoms with Crippen LogP contribution in [0.5, 0.6) is 0 Å². The van der Waals surface area contributed by atoms with Crippen molar-refractivity contribution in [1.82, 2.24) is 20.4 Å². The number of benzene rings is 2. The molecule has 0 bridgehead atoms. The van der Waals surface area contributed by atoms with Gasteiger partial charge in [-0.15, -0.1) is 0 Å². The Morgan fingerprint density at radius 1 is 1.10 bits per heavy atom. The molecule has 29 heavy (non-hydrogen) atoms. The van der Waals surface area contributed by atoms with Crippen LogP contribution in [0, 0.1) is 13.8 Å². The fourth-order valence-electron chi connectivity index (χ4n) is 3.26. The summed E-state index contributed by atoms with van der Waals surface area (Å²) < 4.78 is 1.95. The predicted octanol–water partition coefficient (Wildman–Crippen LogP) is 4.57. The van der Waals surface area contributed by atoms with Gasteiger partial charge in [0, 0.05) is 41.5 Å². The van der Waals surface area contributed by atoms with Gasteiger partial charge in [0.2, 0.25) is 0 Å². The third-order valence-electron chi connectivity index (χ3n) is 4.87. The highest BCUT2D eigenvalue weighted by Gasteiger charge is 2.13. The summed E-state index contributed by atoms with van der Waals surface area (Å²) in [6.07, 6.45) is 0.926. The molecule has 0 spiro atoms. The Bertz CT molecular complexity index is 979. The summed E-state index contributed by atoms with van der Waals surface area (Å²) in [6.45, 7) is 8.22. The van der Waals surface area contributed by atoms with Crippen LogP contribution in [-0.2, 0) is 13.1 Å². The third-order valence-corrected chi connectivity index (χ3v) is 5.12. The van der Waals surface area contributed by atoms with Crippen LogP contribution in [0.1, 0.15) is 46.2 Å². The molecule has 0 atom stereocenters. The Morgan fingerprint density at radius 2 is 1.86 bits per heavy atom. The maximum Gasteiger partial charge on any atom is 0.251 e. The van der Waals surface area contributed by atoms with Crippen molar-refractivity contribution in [2.45, 2.75) is 40.3 Å². The molecule has 0 aliphatic rings. The quantitative estimate of drug-likeness (QED) is 0.571. The van der Waals surface area contributed by atoms with Crippen LogP contribution >= 0.6 is 11.6 Å². The largest absolute Gasteiger partial charge is 0.352 e. The molecular formula is C23H27ClN4O. The molecule has 1 amide bonds. The molecule has 0 fully saturated rings. The van der Waals surface area contributed by atoms with Gasteiger partial charge in [-0.25, -0.2) is 4.68 Å². The number of carbonyl (C=O) groups excluding carboxylic acids is 1. The Kier molecular flexibility index (Phi) is 7.07. The second kappa shape index (κ2) is 9.72. The number of halogens is 1. The van der Waals surface area contributed by atoms with E-state index >= 15 is 0 Å². The molecule has 3 aromatic rings. The zero-order valence-corrected chi connectivity index (χ0v) is 17.9. The SMILES string of the molecule is CCCNC(=O)c1cccc(CNCc2c(C)nn(-c3ccc(Cl)cc3)c2C)c1. The van der Waals surface area contributed by atoms with Crippen LogP contribution < -0.4 is 10.6 Å². The molecule has 0 radical (unpaired) electrons. The zero-order chi connectivity index (χ0) is 20.8. The van der Waals surface area contributed by atoms with Crippen molar-refractivity contribution in [3.8, 4) is 5.69 Å². The Labute approximate surface area is 177 Å². The van der Waals surface area contributed by atoms with E-state index in [4.69, 9.17) is 11.6 Å². The van der Waals surface area contributed by atoms with Crippen molar-refractivity contribution in [1.29, 1.82) is 0 Å². The van der Waals surface area contributed by atoms with Gasteiger partial charge in [-0.05, 0) is 62.2 Å². The number of amides is 1. The summed E-state index contributed by atoms with van der Waals surface area (Å²) in [6, 6.07) is 15.4. The van der Waals surface area contributed by atoms with Crippen molar-refractivity contribution >= 4 is 17.5 Å². The Balaban J connectivity index is 1.65. The van der Waals surface area contributed by atoms with E-state index in [0.29, 0.717) is 30.2 Å². The Hall–Kier alpha value is -2.63. The van der Waals surface area contributed by atoms with E-state index in [0.717, 1.165) is 29.1 Å². The lowest BCUT2D eigenvalue weighted by Gasteiger charge is -2.09. The van der Waals surface area contributed by atoms with Gasteiger partial charge in [-0.2, -0.15) is 5.10 Å². The summed E-state index contributed by atoms with van der Waals surface area (Å²) >= 11 is 5.99. The van der Waals surface area contributed by atoms with Gasteiger partial charge in [0.05, 0.1) is 11.4 Å². The first-order chi connectivity index (χ1) is 14.0. The van der Waals surface area contributed by atoms with Crippen LogP contribution in [0.25, 0.3) is 5.69 Å². The van der Waals surface area contributed by atoms with Crippen molar-refractivity contribution in [2.75, 3.05) is 6.54 Å². The molecule has 2 aromatic carbocycles. The maximum absolute atomic E-state index is 12.1. The van der Waals surface area contributed by atoms with Gasteiger partial charge < -0.3 is 10.6 Å². The topological polar surface area (TPSA) is 59.0 Å². The summed E-state index contributed by atoms with van der Waals surface area (Å²) in [5, 5.41) is 11.8. The molecule has 0 aliphatic carbocycles. The first-order valence-electron chi connectivity index (χ1n) is 9.88. The van der Waals surface area contributed by atoms with E-state index in [-0.39, 0.29) is 5.91 Å². The van der Waals surface area contributed by atoms with Gasteiger partial charge in [-0.3, -0.25) is 4.79 Å². The van der Waals surface area contributed by atoms with Gasteiger partial charge >= 0.3 is 0 Å². The highest BCUT2D eigenvalue weighted by molar-refractivity contribution is 6.30. The van der Waals surface area contributed by atoms with Gasteiger partial charge in [0.1, 0.15) is 0 Å². The number of nitrogens with zero attached hydrogens (tertiary/aromatic N) is 2. The molecule has 152 valence electrons. The monoisotopic (exact) mass is 410 g/mol. The molecule has 2 N–H and O–H groups in total. The first kappa shape index (κ1) is 21.1. The second-order valence-corrected chi connectivity index (χ2v) is 7.53. The summed E-state index contributed by atoms with van der Waals surface area (Å²) in [5.41, 5.74) is 6.04. The molecule has 6 heteroatoms. The minimum absolute atomic E-state index is 0.0235. The molecular weight excluding hydrogens is 384 g/mol. The minimum Gasteiger partial charge on any atom is -0.352 e. The lowest BCUT2D eigenvalue weighted by molar-refractivity contribution is 0.0953. The highest BCUT2D eigenvalue weighted by Crippen LogP contribution is 2.19. The smallest absolute Gasteiger partial charge is 0.251 e. The van der Waals surface area contributed by atoms with Gasteiger partial charge in [0.25, 0.3) is 5.91 Å². The standard InChI is InChI=1S/C23H27ClN4O/c1-4-12-26-23(29)19-7-5-6-18(13-19)14-25-15-22-16(2)27-28(17(22)3)21-10-8-20(24)9-11-21/h5-11,13,25H,4,12,14-15H2,1-3H3,(H,26,29). The molecule has 0 unspecified atom stereocenters. The van der Waals surface area contributed by atoms with E-state index in [1.807, 2.05) is 67.1 Å². The fraction of sp³-hybridized carbons (Fsp3) is 0.304. The van der Waals surface area contributed by atoms with E-state index in [1.54, 1.807) is 0 Å². The number of carbonyl (C=O) groups is 1. The number of aromatic nitrogens is 2. The van der Waals surface area contributed by atoms with Crippen molar-refractivity contribution in [3.63, 3.8) is 0 Å². The molecule has 1 heterocycles. The van der Waals surface area contributed by atoms with Crippen LogP contribution in [0.3, 0.4) is 0 Å². The number of nitrogens with one attached hydrogen (secondary N) is 2. The maximum atomic E-state index is 12.1. The Morgan fingerprint density at radius 3 is 2.59 bits per heavy atom. The zero-order valence-electron chi connectivity index (χ0n) is 17.1. The average Bonchev–Trinajstić information content (AvgIpc) is 3.01. The molecule has 0 saturated carbocycles. The molecule has 1 aromatic heterocycles. The number of rotatable bonds is 8. The second-order valence-electron chi connectivity index (χ2n) is 7.10. The number of hydrogen-bond donors (Lipinski definition) is 2. The van der Waals surface area contributed by atoms with E-state index in [2.05, 4.69) is 22.7 Å². The van der Waals surface area contributed by atoms with Gasteiger partial charge in [-0.1, -0.05) is 30.7 Å². The molecule has 5 nitrogen and oxygen atoms in total. The average molecular weight is 411 g/mol. The minimum atomic E-state index is -0.0235. The normalized spacial score (nSPS) is 10.9. The van der Waals surface area contributed by atoms with Crippen LogP contribution in [0.4, 0.5) is 0 Å². The summed E-state index contributed by atoms with van der Waals surface area (Å²) in [7, 11) is 0. The predicted molar refractivity (Wildman–Crippen MR) is 118 cm³/mol. The van der Waals surface area contributed by atoms with Crippen LogP contribution in [0.15, 0.2) is 48.5 Å². The van der Waals surface area contributed by atoms with Crippen molar-refractivity contribution in [3.05, 3.63) is 81.6 Å². The van der Waals surface area contributed by atoms with Crippen molar-refractivity contribution < 1.29 is 4.79 Å². The number of aryl methyl sites for hydroxylation is 1. The lowest BCUT2D eigenvalue weighted by Crippen LogP contribution is -2.24. The summed E-state index contributed by atoms with van der Waals surface area (Å²) in [4.78, 5) is 12.1. The number of hydrogen-bond acceptors (Lipinski definition) is 3. The highest BCUT2D eigenvalue weighted by atomic mass is 35.5.